The zero-order chi connectivity index (χ0) is 18.1. The summed E-state index contributed by atoms with van der Waals surface area (Å²) in [7, 11) is 1.85. The van der Waals surface area contributed by atoms with Crippen LogP contribution in [0.25, 0.3) is 0 Å². The summed E-state index contributed by atoms with van der Waals surface area (Å²) in [5, 5.41) is 4.04. The number of rotatable bonds is 5. The first-order valence-corrected chi connectivity index (χ1v) is 10.9. The molecule has 0 bridgehead atoms. The lowest BCUT2D eigenvalue weighted by Gasteiger charge is -2.37. The predicted octanol–water partition coefficient (Wildman–Crippen LogP) is 1.95. The third kappa shape index (κ3) is 7.80. The Morgan fingerprint density at radius 2 is 1.65 bits per heavy atom. The van der Waals surface area contributed by atoms with Crippen molar-refractivity contribution in [3.8, 4) is 0 Å². The summed E-state index contributed by atoms with van der Waals surface area (Å²) >= 11 is 1.86. The molecule has 8 heteroatoms. The fourth-order valence-corrected chi connectivity index (χ4v) is 3.63. The number of aliphatic imine (C=N–C) groups is 1. The van der Waals surface area contributed by atoms with Crippen LogP contribution in [0.2, 0.25) is 0 Å². The molecule has 2 rings (SSSR count). The Hall–Kier alpha value is -0.220. The van der Waals surface area contributed by atoms with E-state index >= 15 is 0 Å². The van der Waals surface area contributed by atoms with Crippen molar-refractivity contribution in [1.29, 1.82) is 0 Å². The van der Waals surface area contributed by atoms with Crippen LogP contribution >= 0.6 is 35.7 Å². The van der Waals surface area contributed by atoms with Gasteiger partial charge in [-0.2, -0.15) is 11.8 Å². The molecule has 0 aliphatic carbocycles. The van der Waals surface area contributed by atoms with E-state index in [9.17, 15) is 4.79 Å². The first-order valence-electron chi connectivity index (χ1n) is 9.62. The van der Waals surface area contributed by atoms with E-state index < -0.39 is 0 Å². The van der Waals surface area contributed by atoms with Gasteiger partial charge in [-0.1, -0.05) is 19.8 Å². The number of hydrogen-bond donors (Lipinski definition) is 1. The third-order valence-corrected chi connectivity index (χ3v) is 6.12. The van der Waals surface area contributed by atoms with Gasteiger partial charge in [0.15, 0.2) is 5.96 Å². The maximum absolute atomic E-state index is 12.5. The van der Waals surface area contributed by atoms with Crippen molar-refractivity contribution in [1.82, 2.24) is 20.0 Å². The molecule has 2 fully saturated rings. The van der Waals surface area contributed by atoms with Gasteiger partial charge in [0.25, 0.3) is 0 Å². The second-order valence-corrected chi connectivity index (χ2v) is 8.31. The highest BCUT2D eigenvalue weighted by Gasteiger charge is 2.23. The number of carbonyl (C=O) groups is 1. The van der Waals surface area contributed by atoms with E-state index in [1.807, 2.05) is 18.8 Å². The summed E-state index contributed by atoms with van der Waals surface area (Å²) < 4.78 is 0. The fraction of sp³-hybridized carbons (Fsp3) is 0.889. The van der Waals surface area contributed by atoms with Crippen LogP contribution in [0, 0.1) is 0 Å². The lowest BCUT2D eigenvalue weighted by molar-refractivity contribution is -0.132. The molecule has 0 aromatic heterocycles. The highest BCUT2D eigenvalue weighted by Crippen LogP contribution is 2.11. The number of likely N-dealkylation sites (tertiary alicyclic amines) is 1. The Morgan fingerprint density at radius 1 is 1.04 bits per heavy atom. The van der Waals surface area contributed by atoms with Gasteiger partial charge in [-0.15, -0.1) is 24.0 Å². The molecule has 2 heterocycles. The van der Waals surface area contributed by atoms with Gasteiger partial charge in [0.1, 0.15) is 0 Å². The fourth-order valence-electron chi connectivity index (χ4n) is 3.38. The molecule has 26 heavy (non-hydrogen) atoms. The van der Waals surface area contributed by atoms with Crippen LogP contribution in [-0.2, 0) is 4.79 Å². The van der Waals surface area contributed by atoms with Crippen LogP contribution in [0.5, 0.6) is 0 Å². The lowest BCUT2D eigenvalue weighted by Crippen LogP contribution is -2.54. The molecule has 0 spiro atoms. The number of halogens is 1. The highest BCUT2D eigenvalue weighted by molar-refractivity contribution is 14.0. The van der Waals surface area contributed by atoms with Gasteiger partial charge < -0.3 is 15.1 Å². The summed E-state index contributed by atoms with van der Waals surface area (Å²) in [5.74, 6) is 1.30. The number of hydrogen-bond acceptors (Lipinski definition) is 4. The van der Waals surface area contributed by atoms with Crippen LogP contribution in [0.3, 0.4) is 0 Å². The van der Waals surface area contributed by atoms with Gasteiger partial charge in [-0.3, -0.25) is 14.7 Å². The molecule has 1 unspecified atom stereocenters. The van der Waals surface area contributed by atoms with Crippen LogP contribution < -0.4 is 5.32 Å². The molecule has 2 saturated heterocycles. The predicted molar refractivity (Wildman–Crippen MR) is 123 cm³/mol. The first kappa shape index (κ1) is 23.8. The molecule has 0 aromatic rings. The number of piperazine rings is 1. The average Bonchev–Trinajstić information content (AvgIpc) is 2.92. The van der Waals surface area contributed by atoms with E-state index in [0.717, 1.165) is 64.6 Å². The van der Waals surface area contributed by atoms with Crippen molar-refractivity contribution in [3.63, 3.8) is 0 Å². The molecule has 0 aromatic carbocycles. The van der Waals surface area contributed by atoms with Crippen LogP contribution in [0.1, 0.15) is 32.6 Å². The zero-order valence-corrected chi connectivity index (χ0v) is 19.7. The Balaban J connectivity index is 0.00000338. The molecule has 2 aliphatic heterocycles. The van der Waals surface area contributed by atoms with E-state index in [0.29, 0.717) is 17.7 Å². The van der Waals surface area contributed by atoms with E-state index in [1.54, 1.807) is 0 Å². The van der Waals surface area contributed by atoms with Crippen molar-refractivity contribution in [2.45, 2.75) is 37.9 Å². The normalized spacial score (nSPS) is 21.0. The number of nitrogens with one attached hydrogen (secondary N) is 1. The van der Waals surface area contributed by atoms with Gasteiger partial charge in [-0.05, 0) is 19.1 Å². The van der Waals surface area contributed by atoms with Gasteiger partial charge in [0.2, 0.25) is 5.91 Å². The minimum Gasteiger partial charge on any atom is -0.355 e. The Bertz CT molecular complexity index is 435. The smallest absolute Gasteiger partial charge is 0.236 e. The van der Waals surface area contributed by atoms with Crippen molar-refractivity contribution in [2.75, 3.05) is 65.7 Å². The number of nitrogens with zero attached hydrogens (tertiary/aromatic N) is 4. The quantitative estimate of drug-likeness (QED) is 0.358. The number of guanidine groups is 1. The van der Waals surface area contributed by atoms with E-state index in [2.05, 4.69) is 38.2 Å². The first-order chi connectivity index (χ1) is 12.1. The monoisotopic (exact) mass is 497 g/mol. The summed E-state index contributed by atoms with van der Waals surface area (Å²) in [6.45, 7) is 9.34. The van der Waals surface area contributed by atoms with Crippen LogP contribution in [0.4, 0.5) is 0 Å². The number of thioether (sulfide) groups is 1. The molecule has 0 radical (unpaired) electrons. The van der Waals surface area contributed by atoms with Crippen LogP contribution in [0.15, 0.2) is 4.99 Å². The second-order valence-electron chi connectivity index (χ2n) is 7.03. The molecule has 1 N–H and O–H groups in total. The zero-order valence-electron chi connectivity index (χ0n) is 16.6. The standard InChI is InChI=1S/C18H35N5OS.HI/c1-16(25-3)14-20-18(19-2)23-12-10-21(11-13-23)15-17(24)22-8-6-4-5-7-9-22;/h16H,4-15H2,1-3H3,(H,19,20);1H. The topological polar surface area (TPSA) is 51.2 Å². The van der Waals surface area contributed by atoms with Crippen molar-refractivity contribution in [2.24, 2.45) is 4.99 Å². The third-order valence-electron chi connectivity index (χ3n) is 5.15. The highest BCUT2D eigenvalue weighted by atomic mass is 127. The minimum atomic E-state index is 0. The molecule has 0 saturated carbocycles. The van der Waals surface area contributed by atoms with Gasteiger partial charge in [-0.25, -0.2) is 0 Å². The van der Waals surface area contributed by atoms with Crippen molar-refractivity contribution < 1.29 is 4.79 Å². The Labute approximate surface area is 180 Å². The molecule has 1 amide bonds. The van der Waals surface area contributed by atoms with E-state index in [1.165, 1.54) is 12.8 Å². The van der Waals surface area contributed by atoms with Gasteiger partial charge in [0, 0.05) is 58.1 Å². The number of carbonyl (C=O) groups excluding carboxylic acids is 1. The van der Waals surface area contributed by atoms with E-state index in [-0.39, 0.29) is 24.0 Å². The number of amides is 1. The molecule has 1 atom stereocenters. The molecule has 6 nitrogen and oxygen atoms in total. The Morgan fingerprint density at radius 3 is 2.19 bits per heavy atom. The summed E-state index contributed by atoms with van der Waals surface area (Å²) in [5.41, 5.74) is 0. The summed E-state index contributed by atoms with van der Waals surface area (Å²) in [6.07, 6.45) is 6.99. The molecular formula is C18H36IN5OS. The SMILES string of the molecule is CN=C(NCC(C)SC)N1CCN(CC(=O)N2CCCCCC2)CC1.I. The minimum absolute atomic E-state index is 0. The largest absolute Gasteiger partial charge is 0.355 e. The molecular weight excluding hydrogens is 461 g/mol. The maximum Gasteiger partial charge on any atom is 0.236 e. The summed E-state index contributed by atoms with van der Waals surface area (Å²) in [4.78, 5) is 23.6. The van der Waals surface area contributed by atoms with Gasteiger partial charge >= 0.3 is 0 Å². The van der Waals surface area contributed by atoms with Crippen molar-refractivity contribution >= 4 is 47.6 Å². The van der Waals surface area contributed by atoms with Gasteiger partial charge in [0.05, 0.1) is 6.54 Å². The van der Waals surface area contributed by atoms with E-state index in [4.69, 9.17) is 0 Å². The molecule has 152 valence electrons. The second kappa shape index (κ2) is 13.0. The average molecular weight is 497 g/mol. The maximum atomic E-state index is 12.5. The van der Waals surface area contributed by atoms with Crippen molar-refractivity contribution in [3.05, 3.63) is 0 Å². The molecule has 2 aliphatic rings. The Kier molecular flexibility index (Phi) is 11.9. The van der Waals surface area contributed by atoms with Crippen LogP contribution in [-0.4, -0.2) is 97.5 Å². The summed E-state index contributed by atoms with van der Waals surface area (Å²) in [6, 6.07) is 0. The lowest BCUT2D eigenvalue weighted by atomic mass is 10.2.